The van der Waals surface area contributed by atoms with E-state index < -0.39 is 0 Å². The van der Waals surface area contributed by atoms with Crippen molar-refractivity contribution in [3.63, 3.8) is 0 Å². The number of hydrogen-bond acceptors (Lipinski definition) is 4. The highest BCUT2D eigenvalue weighted by Crippen LogP contribution is 2.44. The van der Waals surface area contributed by atoms with Gasteiger partial charge in [0.05, 0.1) is 12.0 Å². The number of piperidine rings is 1. The van der Waals surface area contributed by atoms with Crippen LogP contribution in [0.15, 0.2) is 48.5 Å². The third-order valence-corrected chi connectivity index (χ3v) is 7.78. The minimum atomic E-state index is -0.227. The summed E-state index contributed by atoms with van der Waals surface area (Å²) in [6.45, 7) is 4.10. The first kappa shape index (κ1) is 21.6. The van der Waals surface area contributed by atoms with Gasteiger partial charge in [-0.05, 0) is 55.2 Å². The van der Waals surface area contributed by atoms with Gasteiger partial charge in [0.25, 0.3) is 5.91 Å². The molecule has 1 N–H and O–H groups in total. The molecule has 3 amide bonds. The van der Waals surface area contributed by atoms with Gasteiger partial charge in [0.2, 0.25) is 0 Å². The van der Waals surface area contributed by atoms with Crippen LogP contribution in [-0.4, -0.2) is 59.1 Å². The van der Waals surface area contributed by atoms with Gasteiger partial charge in [-0.1, -0.05) is 25.1 Å². The minimum absolute atomic E-state index is 0.0578. The molecule has 164 valence electrons. The number of ether oxygens (including phenoxy) is 1. The maximum Gasteiger partial charge on any atom is 0.321 e. The maximum atomic E-state index is 13.2. The third-order valence-electron chi connectivity index (χ3n) is 6.23. The number of thioether (sulfide) groups is 1. The molecule has 0 aromatic heterocycles. The highest BCUT2D eigenvalue weighted by Gasteiger charge is 2.47. The first-order valence-electron chi connectivity index (χ1n) is 10.8. The second-order valence-electron chi connectivity index (χ2n) is 7.91. The zero-order valence-electron chi connectivity index (χ0n) is 18.1. The molecule has 0 radical (unpaired) electrons. The summed E-state index contributed by atoms with van der Waals surface area (Å²) < 4.78 is 5.20. The van der Waals surface area contributed by atoms with Crippen LogP contribution in [0.1, 0.15) is 35.7 Å². The molecule has 0 atom stereocenters. The highest BCUT2D eigenvalue weighted by molar-refractivity contribution is 8.00. The van der Waals surface area contributed by atoms with Gasteiger partial charge in [0.15, 0.2) is 0 Å². The molecule has 2 aromatic rings. The Morgan fingerprint density at radius 2 is 1.77 bits per heavy atom. The summed E-state index contributed by atoms with van der Waals surface area (Å²) in [5.41, 5.74) is 2.69. The van der Waals surface area contributed by atoms with E-state index in [4.69, 9.17) is 4.74 Å². The number of nitrogens with zero attached hydrogens (tertiary/aromatic N) is 2. The molecule has 2 aliphatic heterocycles. The molecule has 0 aliphatic carbocycles. The maximum absolute atomic E-state index is 13.2. The molecule has 2 heterocycles. The second-order valence-corrected chi connectivity index (χ2v) is 9.36. The third kappa shape index (κ3) is 4.37. The van der Waals surface area contributed by atoms with Crippen LogP contribution in [0, 0.1) is 0 Å². The fraction of sp³-hybridized carbons (Fsp3) is 0.417. The van der Waals surface area contributed by atoms with Crippen LogP contribution in [0.4, 0.5) is 10.5 Å². The smallest absolute Gasteiger partial charge is 0.321 e. The molecule has 2 saturated heterocycles. The van der Waals surface area contributed by atoms with Crippen molar-refractivity contribution in [3.05, 3.63) is 59.7 Å². The van der Waals surface area contributed by atoms with E-state index in [1.54, 1.807) is 7.11 Å². The standard InChI is InChI=1S/C24H29N3O3S/c1-3-18-6-4-5-7-21(18)25-23(29)26-14-12-24(13-15-26)27(16-17-31-24)22(28)19-8-10-20(30-2)11-9-19/h4-11H,3,12-17H2,1-2H3,(H,25,29). The van der Waals surface area contributed by atoms with Crippen LogP contribution in [0.5, 0.6) is 5.75 Å². The average Bonchev–Trinajstić information content (AvgIpc) is 3.22. The summed E-state index contributed by atoms with van der Waals surface area (Å²) in [5.74, 6) is 1.73. The van der Waals surface area contributed by atoms with Gasteiger partial charge in [0.1, 0.15) is 5.75 Å². The van der Waals surface area contributed by atoms with Crippen molar-refractivity contribution in [2.45, 2.75) is 31.1 Å². The van der Waals surface area contributed by atoms with Crippen molar-refractivity contribution in [2.75, 3.05) is 37.8 Å². The molecule has 0 saturated carbocycles. The Bertz CT molecular complexity index is 939. The van der Waals surface area contributed by atoms with Crippen LogP contribution in [0.3, 0.4) is 0 Å². The van der Waals surface area contributed by atoms with E-state index in [9.17, 15) is 9.59 Å². The molecule has 1 spiro atoms. The molecule has 7 heteroatoms. The number of hydrogen-bond donors (Lipinski definition) is 1. The van der Waals surface area contributed by atoms with Crippen LogP contribution in [-0.2, 0) is 6.42 Å². The van der Waals surface area contributed by atoms with E-state index in [2.05, 4.69) is 12.2 Å². The largest absolute Gasteiger partial charge is 0.497 e. The number of aryl methyl sites for hydroxylation is 1. The number of amides is 3. The van der Waals surface area contributed by atoms with Crippen LogP contribution >= 0.6 is 11.8 Å². The van der Waals surface area contributed by atoms with E-state index in [0.29, 0.717) is 18.7 Å². The number of likely N-dealkylation sites (tertiary alicyclic amines) is 1. The zero-order chi connectivity index (χ0) is 21.8. The van der Waals surface area contributed by atoms with Gasteiger partial charge >= 0.3 is 6.03 Å². The van der Waals surface area contributed by atoms with Gasteiger partial charge in [0, 0.05) is 36.6 Å². The van der Waals surface area contributed by atoms with Crippen molar-refractivity contribution in [1.82, 2.24) is 9.80 Å². The molecule has 31 heavy (non-hydrogen) atoms. The lowest BCUT2D eigenvalue weighted by Crippen LogP contribution is -2.54. The Morgan fingerprint density at radius 3 is 2.45 bits per heavy atom. The summed E-state index contributed by atoms with van der Waals surface area (Å²) in [6.07, 6.45) is 2.43. The number of para-hydroxylation sites is 1. The number of methoxy groups -OCH3 is 1. The fourth-order valence-electron chi connectivity index (χ4n) is 4.40. The lowest BCUT2D eigenvalue weighted by molar-refractivity contribution is 0.0585. The zero-order valence-corrected chi connectivity index (χ0v) is 18.9. The summed E-state index contributed by atoms with van der Waals surface area (Å²) in [7, 11) is 1.62. The van der Waals surface area contributed by atoms with Crippen molar-refractivity contribution >= 4 is 29.4 Å². The monoisotopic (exact) mass is 439 g/mol. The van der Waals surface area contributed by atoms with Gasteiger partial charge in [-0.25, -0.2) is 4.79 Å². The second kappa shape index (κ2) is 9.22. The predicted molar refractivity (Wildman–Crippen MR) is 125 cm³/mol. The van der Waals surface area contributed by atoms with E-state index in [-0.39, 0.29) is 16.8 Å². The topological polar surface area (TPSA) is 61.9 Å². The molecule has 0 bridgehead atoms. The fourth-order valence-corrected chi connectivity index (χ4v) is 5.86. The van der Waals surface area contributed by atoms with E-state index >= 15 is 0 Å². The normalized spacial score (nSPS) is 17.6. The van der Waals surface area contributed by atoms with Crippen LogP contribution < -0.4 is 10.1 Å². The van der Waals surface area contributed by atoms with Gasteiger partial charge in [-0.3, -0.25) is 4.79 Å². The lowest BCUT2D eigenvalue weighted by Gasteiger charge is -2.44. The van der Waals surface area contributed by atoms with Crippen molar-refractivity contribution in [2.24, 2.45) is 0 Å². The summed E-state index contributed by atoms with van der Waals surface area (Å²) in [6, 6.07) is 15.2. The number of urea groups is 1. The summed E-state index contributed by atoms with van der Waals surface area (Å²) >= 11 is 1.85. The lowest BCUT2D eigenvalue weighted by atomic mass is 10.0. The minimum Gasteiger partial charge on any atom is -0.497 e. The van der Waals surface area contributed by atoms with E-state index in [1.807, 2.05) is 70.1 Å². The molecule has 2 aromatic carbocycles. The molecule has 6 nitrogen and oxygen atoms in total. The molecular formula is C24H29N3O3S. The number of rotatable bonds is 4. The highest BCUT2D eigenvalue weighted by atomic mass is 32.2. The van der Waals surface area contributed by atoms with Crippen molar-refractivity contribution < 1.29 is 14.3 Å². The van der Waals surface area contributed by atoms with Gasteiger partial charge < -0.3 is 19.9 Å². The van der Waals surface area contributed by atoms with E-state index in [0.717, 1.165) is 48.6 Å². The van der Waals surface area contributed by atoms with Crippen molar-refractivity contribution in [1.29, 1.82) is 0 Å². The van der Waals surface area contributed by atoms with Gasteiger partial charge in [-0.2, -0.15) is 0 Å². The van der Waals surface area contributed by atoms with Crippen LogP contribution in [0.25, 0.3) is 0 Å². The van der Waals surface area contributed by atoms with Crippen LogP contribution in [0.2, 0.25) is 0 Å². The Hall–Kier alpha value is -2.67. The molecule has 2 aliphatic rings. The first-order valence-corrected chi connectivity index (χ1v) is 11.8. The summed E-state index contributed by atoms with van der Waals surface area (Å²) in [5, 5.41) is 3.07. The summed E-state index contributed by atoms with van der Waals surface area (Å²) in [4.78, 5) is 29.7. The molecule has 2 fully saturated rings. The first-order chi connectivity index (χ1) is 15.1. The molecule has 4 rings (SSSR count). The average molecular weight is 440 g/mol. The SMILES string of the molecule is CCc1ccccc1NC(=O)N1CCC2(CC1)SCCN2C(=O)c1ccc(OC)cc1. The van der Waals surface area contributed by atoms with Crippen molar-refractivity contribution in [3.8, 4) is 5.75 Å². The van der Waals surface area contributed by atoms with Gasteiger partial charge in [-0.15, -0.1) is 11.8 Å². The van der Waals surface area contributed by atoms with E-state index in [1.165, 1.54) is 0 Å². The quantitative estimate of drug-likeness (QED) is 0.764. The Kier molecular flexibility index (Phi) is 6.41. The Morgan fingerprint density at radius 1 is 1.06 bits per heavy atom. The Balaban J connectivity index is 1.41. The number of anilines is 1. The number of carbonyl (C=O) groups excluding carboxylic acids is 2. The molecule has 0 unspecified atom stereocenters. The number of benzene rings is 2. The number of nitrogens with one attached hydrogen (secondary N) is 1. The molecular weight excluding hydrogens is 410 g/mol. The number of carbonyl (C=O) groups is 2. The Labute approximate surface area is 187 Å². The predicted octanol–water partition coefficient (Wildman–Crippen LogP) is 4.47.